The van der Waals surface area contributed by atoms with Crippen LogP contribution in [-0.2, 0) is 34.2 Å². The van der Waals surface area contributed by atoms with Gasteiger partial charge in [-0.2, -0.15) is 4.98 Å². The molecule has 0 spiro atoms. The Morgan fingerprint density at radius 3 is 1.84 bits per heavy atom. The van der Waals surface area contributed by atoms with Gasteiger partial charge < -0.3 is 23.7 Å². The number of aromatic nitrogens is 2. The Hall–Kier alpha value is -5.20. The van der Waals surface area contributed by atoms with Gasteiger partial charge in [0.1, 0.15) is 18.5 Å². The summed E-state index contributed by atoms with van der Waals surface area (Å²) in [5.41, 5.74) is 3.55. The van der Waals surface area contributed by atoms with Gasteiger partial charge in [0, 0.05) is 12.6 Å². The van der Waals surface area contributed by atoms with Crippen LogP contribution in [0.5, 0.6) is 5.75 Å². The number of nitrogens with zero attached hydrogens (tertiary/aromatic N) is 2. The van der Waals surface area contributed by atoms with Crippen molar-refractivity contribution in [1.29, 1.82) is 0 Å². The van der Waals surface area contributed by atoms with Gasteiger partial charge in [0.05, 0.1) is 7.11 Å². The molecule has 0 unspecified atom stereocenters. The number of ether oxygens (including phenoxy) is 5. The minimum atomic E-state index is -1.17. The quantitative estimate of drug-likeness (QED) is 0.0314. The van der Waals surface area contributed by atoms with Crippen molar-refractivity contribution in [3.05, 3.63) is 124 Å². The van der Waals surface area contributed by atoms with E-state index < -0.39 is 42.0 Å². The van der Waals surface area contributed by atoms with Crippen molar-refractivity contribution in [2.24, 2.45) is 0 Å². The number of carbonyl (C=O) groups is 2. The predicted molar refractivity (Wildman–Crippen MR) is 219 cm³/mol. The molecule has 1 N–H and O–H groups in total. The lowest BCUT2D eigenvalue weighted by Gasteiger charge is -2.35. The molecule has 0 bridgehead atoms. The Kier molecular flexibility index (Phi) is 15.7. The number of benzene rings is 3. The van der Waals surface area contributed by atoms with Crippen molar-refractivity contribution in [1.82, 2.24) is 9.55 Å². The summed E-state index contributed by atoms with van der Waals surface area (Å²) in [5, 5.41) is 0. The molecule has 310 valence electrons. The number of methoxy groups -OCH3 is 1. The monoisotopic (exact) mass is 795 g/mol. The summed E-state index contributed by atoms with van der Waals surface area (Å²) in [7, 11) is 1.61. The normalized spacial score (nSPS) is 18.6. The summed E-state index contributed by atoms with van der Waals surface area (Å²) in [4.78, 5) is 49.3. The van der Waals surface area contributed by atoms with E-state index in [1.54, 1.807) is 13.2 Å². The standard InChI is InChI=1S/C46H57N3O9/c1-3-4-5-6-7-8-9-10-11-12-13-14-21-26-40(50)54-33-38-41-42(57-45(52)56-41)43(55-38)49-32-31-39(47-44(49)51)48-58-46(34-22-17-15-18-23-34,35-24-19-16-20-25-35)36-27-29-37(53-2)30-28-36/h15-20,22-25,27-32,38,41-43H,3-14,21,26,33H2,1-2H3,(H,47,48,51)/t38-,41-,42-,43-/m1/s1. The molecule has 0 amide bonds. The van der Waals surface area contributed by atoms with E-state index in [2.05, 4.69) is 17.4 Å². The third-order valence-electron chi connectivity index (χ3n) is 10.9. The fourth-order valence-electron chi connectivity index (χ4n) is 7.76. The molecular formula is C46H57N3O9. The Labute approximate surface area is 341 Å². The minimum Gasteiger partial charge on any atom is -0.497 e. The van der Waals surface area contributed by atoms with Crippen LogP contribution in [0, 0.1) is 0 Å². The maximum atomic E-state index is 13.6. The second-order valence-corrected chi connectivity index (χ2v) is 15.0. The second kappa shape index (κ2) is 21.5. The van der Waals surface area contributed by atoms with Crippen molar-refractivity contribution in [3.63, 3.8) is 0 Å². The highest BCUT2D eigenvalue weighted by Gasteiger charge is 2.55. The second-order valence-electron chi connectivity index (χ2n) is 15.0. The lowest BCUT2D eigenvalue weighted by Crippen LogP contribution is -2.37. The van der Waals surface area contributed by atoms with Gasteiger partial charge in [0.15, 0.2) is 29.9 Å². The molecule has 1 aromatic heterocycles. The maximum absolute atomic E-state index is 13.6. The number of carbonyl (C=O) groups excluding carboxylic acids is 2. The van der Waals surface area contributed by atoms with E-state index in [4.69, 9.17) is 28.5 Å². The molecule has 12 heteroatoms. The Bertz CT molecular complexity index is 1880. The third-order valence-corrected chi connectivity index (χ3v) is 10.9. The van der Waals surface area contributed by atoms with Crippen molar-refractivity contribution in [2.75, 3.05) is 19.2 Å². The van der Waals surface area contributed by atoms with E-state index in [0.717, 1.165) is 36.0 Å². The summed E-state index contributed by atoms with van der Waals surface area (Å²) in [6.07, 6.45) is 13.1. The zero-order chi connectivity index (χ0) is 40.6. The molecular weight excluding hydrogens is 739 g/mol. The lowest BCUT2D eigenvalue weighted by atomic mass is 9.80. The SMILES string of the molecule is CCCCCCCCCCCCCCCC(=O)OC[C@H]1O[C@@H](n2ccc(NOC(c3ccccc3)(c3ccccc3)c3ccc(OC)cc3)nc2=O)[C@@H]2OC(=O)O[C@@H]21. The van der Waals surface area contributed by atoms with E-state index in [-0.39, 0.29) is 18.4 Å². The number of nitrogens with one attached hydrogen (secondary N) is 1. The fraction of sp³-hybridized carbons (Fsp3) is 0.478. The molecule has 2 saturated heterocycles. The smallest absolute Gasteiger partial charge is 0.497 e. The molecule has 2 aliphatic heterocycles. The predicted octanol–water partition coefficient (Wildman–Crippen LogP) is 9.41. The summed E-state index contributed by atoms with van der Waals surface area (Å²) in [6, 6.07) is 28.6. The molecule has 0 aliphatic carbocycles. The Morgan fingerprint density at radius 1 is 0.724 bits per heavy atom. The number of fused-ring (bicyclic) bond motifs is 1. The van der Waals surface area contributed by atoms with Crippen LogP contribution in [-0.4, -0.2) is 53.7 Å². The number of hydrogen-bond acceptors (Lipinski definition) is 11. The molecule has 0 saturated carbocycles. The first-order chi connectivity index (χ1) is 28.4. The van der Waals surface area contributed by atoms with E-state index in [1.807, 2.05) is 84.9 Å². The van der Waals surface area contributed by atoms with Gasteiger partial charge in [-0.3, -0.25) is 14.2 Å². The first-order valence-corrected chi connectivity index (χ1v) is 20.9. The zero-order valence-corrected chi connectivity index (χ0v) is 33.7. The molecule has 2 aliphatic rings. The summed E-state index contributed by atoms with van der Waals surface area (Å²) >= 11 is 0. The fourth-order valence-corrected chi connectivity index (χ4v) is 7.76. The van der Waals surface area contributed by atoms with Crippen LogP contribution in [0.2, 0.25) is 0 Å². The molecule has 4 aromatic rings. The maximum Gasteiger partial charge on any atom is 0.509 e. The summed E-state index contributed by atoms with van der Waals surface area (Å²) in [5.74, 6) is 0.485. The van der Waals surface area contributed by atoms with Gasteiger partial charge in [-0.05, 0) is 41.3 Å². The Morgan fingerprint density at radius 2 is 1.28 bits per heavy atom. The molecule has 0 radical (unpaired) electrons. The molecule has 3 aromatic carbocycles. The van der Waals surface area contributed by atoms with Gasteiger partial charge in [-0.1, -0.05) is 157 Å². The van der Waals surface area contributed by atoms with E-state index in [0.29, 0.717) is 12.2 Å². The molecule has 4 atom stereocenters. The first kappa shape index (κ1) is 42.4. The molecule has 3 heterocycles. The largest absolute Gasteiger partial charge is 0.509 e. The number of anilines is 1. The highest BCUT2D eigenvalue weighted by atomic mass is 16.8. The van der Waals surface area contributed by atoms with Crippen molar-refractivity contribution < 1.29 is 38.1 Å². The van der Waals surface area contributed by atoms with E-state index >= 15 is 0 Å². The van der Waals surface area contributed by atoms with Crippen LogP contribution in [0.4, 0.5) is 10.6 Å². The van der Waals surface area contributed by atoms with Crippen LogP contribution < -0.4 is 15.9 Å². The molecule has 2 fully saturated rings. The van der Waals surface area contributed by atoms with Crippen LogP contribution in [0.3, 0.4) is 0 Å². The highest BCUT2D eigenvalue weighted by Crippen LogP contribution is 2.41. The van der Waals surface area contributed by atoms with Gasteiger partial charge in [0.25, 0.3) is 0 Å². The third kappa shape index (κ3) is 10.8. The first-order valence-electron chi connectivity index (χ1n) is 20.9. The summed E-state index contributed by atoms with van der Waals surface area (Å²) < 4.78 is 29.2. The van der Waals surface area contributed by atoms with Crippen LogP contribution >= 0.6 is 0 Å². The topological polar surface area (TPSA) is 136 Å². The van der Waals surface area contributed by atoms with E-state index in [1.165, 1.54) is 75.0 Å². The highest BCUT2D eigenvalue weighted by molar-refractivity contribution is 5.69. The van der Waals surface area contributed by atoms with Crippen LogP contribution in [0.15, 0.2) is 102 Å². The summed E-state index contributed by atoms with van der Waals surface area (Å²) in [6.45, 7) is 2.10. The van der Waals surface area contributed by atoms with Gasteiger partial charge in [-0.15, -0.1) is 0 Å². The van der Waals surface area contributed by atoms with Gasteiger partial charge in [0.2, 0.25) is 0 Å². The zero-order valence-electron chi connectivity index (χ0n) is 33.7. The van der Waals surface area contributed by atoms with Crippen LogP contribution in [0.1, 0.15) is 120 Å². The van der Waals surface area contributed by atoms with Gasteiger partial charge in [-0.25, -0.2) is 15.1 Å². The molecule has 58 heavy (non-hydrogen) atoms. The molecule has 12 nitrogen and oxygen atoms in total. The average molecular weight is 796 g/mol. The lowest BCUT2D eigenvalue weighted by molar-refractivity contribution is -0.151. The van der Waals surface area contributed by atoms with Crippen molar-refractivity contribution in [3.8, 4) is 5.75 Å². The number of unbranched alkanes of at least 4 members (excludes halogenated alkanes) is 12. The molecule has 6 rings (SSSR count). The van der Waals surface area contributed by atoms with Crippen molar-refractivity contribution in [2.45, 2.75) is 127 Å². The van der Waals surface area contributed by atoms with Crippen LogP contribution in [0.25, 0.3) is 0 Å². The van der Waals surface area contributed by atoms with Gasteiger partial charge >= 0.3 is 17.8 Å². The number of rotatable bonds is 24. The van der Waals surface area contributed by atoms with E-state index in [9.17, 15) is 14.4 Å². The van der Waals surface area contributed by atoms with Crippen molar-refractivity contribution >= 4 is 17.9 Å². The number of esters is 1. The Balaban J connectivity index is 1.04. The number of hydrogen-bond donors (Lipinski definition) is 1. The minimum absolute atomic E-state index is 0.138. The average Bonchev–Trinajstić information content (AvgIpc) is 3.80.